The molecule has 0 aromatic carbocycles. The number of unbranched alkanes of at least 4 members (excludes halogenated alkanes) is 1. The van der Waals surface area contributed by atoms with Crippen molar-refractivity contribution in [3.05, 3.63) is 12.7 Å². The fourth-order valence-electron chi connectivity index (χ4n) is 2.00. The number of hydrogen-bond donors (Lipinski definition) is 1. The van der Waals surface area contributed by atoms with E-state index in [1.54, 1.807) is 0 Å². The first-order chi connectivity index (χ1) is 7.27. The van der Waals surface area contributed by atoms with Gasteiger partial charge in [-0.25, -0.2) is 0 Å². The molecule has 1 unspecified atom stereocenters. The smallest absolute Gasteiger partial charge is 0.222 e. The molecule has 5 heteroatoms. The second-order valence-corrected chi connectivity index (χ2v) is 4.15. The lowest BCUT2D eigenvalue weighted by molar-refractivity contribution is -0.132. The molecular weight excluding hydrogens is 259 g/mol. The van der Waals surface area contributed by atoms with Gasteiger partial charge in [0.15, 0.2) is 0 Å². The van der Waals surface area contributed by atoms with Gasteiger partial charge in [0.25, 0.3) is 0 Å². The molecular formula is C12H24Cl2N2O. The molecule has 0 aromatic heterocycles. The lowest BCUT2D eigenvalue weighted by Gasteiger charge is -2.32. The van der Waals surface area contributed by atoms with E-state index in [0.717, 1.165) is 32.4 Å². The van der Waals surface area contributed by atoms with Crippen molar-refractivity contribution in [1.29, 1.82) is 0 Å². The van der Waals surface area contributed by atoms with Gasteiger partial charge in [-0.15, -0.1) is 31.4 Å². The van der Waals surface area contributed by atoms with Crippen LogP contribution in [0.5, 0.6) is 0 Å². The minimum absolute atomic E-state index is 0. The zero-order chi connectivity index (χ0) is 11.1. The predicted octanol–water partition coefficient (Wildman–Crippen LogP) is 2.40. The van der Waals surface area contributed by atoms with E-state index in [4.69, 9.17) is 0 Å². The van der Waals surface area contributed by atoms with Gasteiger partial charge in [-0.1, -0.05) is 6.08 Å². The maximum absolute atomic E-state index is 11.8. The second-order valence-electron chi connectivity index (χ2n) is 4.15. The molecule has 1 rings (SSSR count). The van der Waals surface area contributed by atoms with Gasteiger partial charge in [0.1, 0.15) is 0 Å². The summed E-state index contributed by atoms with van der Waals surface area (Å²) in [6.07, 6.45) is 6.73. The Morgan fingerprint density at radius 3 is 2.82 bits per heavy atom. The highest BCUT2D eigenvalue weighted by Gasteiger charge is 2.21. The first-order valence-electron chi connectivity index (χ1n) is 5.84. The lowest BCUT2D eigenvalue weighted by Crippen LogP contribution is -2.46. The molecule has 1 saturated heterocycles. The Kier molecular flexibility index (Phi) is 12.2. The zero-order valence-corrected chi connectivity index (χ0v) is 12.1. The van der Waals surface area contributed by atoms with Gasteiger partial charge in [0.2, 0.25) is 5.91 Å². The number of nitrogens with zero attached hydrogens (tertiary/aromatic N) is 1. The van der Waals surface area contributed by atoms with Crippen molar-refractivity contribution in [2.24, 2.45) is 0 Å². The number of rotatable bonds is 5. The molecule has 1 aliphatic heterocycles. The molecule has 0 saturated carbocycles. The maximum Gasteiger partial charge on any atom is 0.222 e. The highest BCUT2D eigenvalue weighted by atomic mass is 35.5. The topological polar surface area (TPSA) is 32.3 Å². The molecule has 102 valence electrons. The van der Waals surface area contributed by atoms with E-state index in [1.807, 2.05) is 18.0 Å². The van der Waals surface area contributed by atoms with Crippen molar-refractivity contribution < 1.29 is 4.79 Å². The van der Waals surface area contributed by atoms with Gasteiger partial charge >= 0.3 is 0 Å². The van der Waals surface area contributed by atoms with E-state index in [9.17, 15) is 4.79 Å². The number of carbonyl (C=O) groups excluding carboxylic acids is 1. The Labute approximate surface area is 117 Å². The molecule has 0 spiro atoms. The van der Waals surface area contributed by atoms with Gasteiger partial charge in [-0.05, 0) is 32.7 Å². The molecule has 0 aromatic rings. The number of allylic oxidation sites excluding steroid dienone is 1. The van der Waals surface area contributed by atoms with Gasteiger partial charge in [-0.3, -0.25) is 4.79 Å². The molecule has 1 amide bonds. The van der Waals surface area contributed by atoms with E-state index in [2.05, 4.69) is 11.9 Å². The quantitative estimate of drug-likeness (QED) is 0.620. The number of hydrogen-bond acceptors (Lipinski definition) is 2. The summed E-state index contributed by atoms with van der Waals surface area (Å²) in [7, 11) is 1.97. The highest BCUT2D eigenvalue weighted by Crippen LogP contribution is 2.12. The van der Waals surface area contributed by atoms with E-state index in [0.29, 0.717) is 18.4 Å². The van der Waals surface area contributed by atoms with Crippen molar-refractivity contribution in [3.63, 3.8) is 0 Å². The third-order valence-electron chi connectivity index (χ3n) is 2.98. The fraction of sp³-hybridized carbons (Fsp3) is 0.750. The van der Waals surface area contributed by atoms with Crippen molar-refractivity contribution in [3.8, 4) is 0 Å². The SMILES string of the molecule is C=CCCCC(=O)N1CCCC(NC)C1.Cl.Cl. The first kappa shape index (κ1) is 19.1. The summed E-state index contributed by atoms with van der Waals surface area (Å²) in [5.41, 5.74) is 0. The first-order valence-corrected chi connectivity index (χ1v) is 5.84. The summed E-state index contributed by atoms with van der Waals surface area (Å²) in [5.74, 6) is 0.303. The van der Waals surface area contributed by atoms with Crippen molar-refractivity contribution >= 4 is 30.7 Å². The Bertz CT molecular complexity index is 225. The van der Waals surface area contributed by atoms with E-state index in [1.165, 1.54) is 6.42 Å². The number of nitrogens with one attached hydrogen (secondary N) is 1. The summed E-state index contributed by atoms with van der Waals surface area (Å²) in [6.45, 7) is 5.47. The van der Waals surface area contributed by atoms with Crippen LogP contribution in [0.25, 0.3) is 0 Å². The summed E-state index contributed by atoms with van der Waals surface area (Å²) >= 11 is 0. The normalized spacial score (nSPS) is 18.9. The molecule has 1 heterocycles. The Morgan fingerprint density at radius 2 is 2.24 bits per heavy atom. The Morgan fingerprint density at radius 1 is 1.53 bits per heavy atom. The number of piperidine rings is 1. The molecule has 1 N–H and O–H groups in total. The Hall–Kier alpha value is -0.250. The van der Waals surface area contributed by atoms with Crippen LogP contribution in [0.1, 0.15) is 32.1 Å². The molecule has 1 fully saturated rings. The number of amides is 1. The molecule has 17 heavy (non-hydrogen) atoms. The average molecular weight is 283 g/mol. The zero-order valence-electron chi connectivity index (χ0n) is 10.5. The van der Waals surface area contributed by atoms with Crippen LogP contribution in [0.15, 0.2) is 12.7 Å². The minimum Gasteiger partial charge on any atom is -0.341 e. The van der Waals surface area contributed by atoms with Crippen molar-refractivity contribution in [2.75, 3.05) is 20.1 Å². The lowest BCUT2D eigenvalue weighted by atomic mass is 10.1. The fourth-order valence-corrected chi connectivity index (χ4v) is 2.00. The predicted molar refractivity (Wildman–Crippen MR) is 77.2 cm³/mol. The van der Waals surface area contributed by atoms with Crippen LogP contribution in [-0.2, 0) is 4.79 Å². The molecule has 1 atom stereocenters. The van der Waals surface area contributed by atoms with Gasteiger partial charge in [-0.2, -0.15) is 0 Å². The van der Waals surface area contributed by atoms with Gasteiger partial charge in [0.05, 0.1) is 0 Å². The van der Waals surface area contributed by atoms with Gasteiger partial charge in [0, 0.05) is 25.6 Å². The van der Waals surface area contributed by atoms with E-state index >= 15 is 0 Å². The van der Waals surface area contributed by atoms with Crippen molar-refractivity contribution in [1.82, 2.24) is 10.2 Å². The summed E-state index contributed by atoms with van der Waals surface area (Å²) in [6, 6.07) is 0.488. The van der Waals surface area contributed by atoms with Crippen molar-refractivity contribution in [2.45, 2.75) is 38.1 Å². The molecule has 3 nitrogen and oxygen atoms in total. The second kappa shape index (κ2) is 10.9. The largest absolute Gasteiger partial charge is 0.341 e. The molecule has 0 aliphatic carbocycles. The molecule has 0 radical (unpaired) electrons. The Balaban J connectivity index is 0. The average Bonchev–Trinajstić information content (AvgIpc) is 2.29. The monoisotopic (exact) mass is 282 g/mol. The minimum atomic E-state index is 0. The summed E-state index contributed by atoms with van der Waals surface area (Å²) in [5, 5.41) is 3.25. The van der Waals surface area contributed by atoms with Crippen LogP contribution in [-0.4, -0.2) is 37.0 Å². The van der Waals surface area contributed by atoms with E-state index in [-0.39, 0.29) is 24.8 Å². The van der Waals surface area contributed by atoms with Crippen LogP contribution in [0.2, 0.25) is 0 Å². The molecule has 0 bridgehead atoms. The van der Waals surface area contributed by atoms with Crippen LogP contribution in [0.3, 0.4) is 0 Å². The van der Waals surface area contributed by atoms with E-state index < -0.39 is 0 Å². The van der Waals surface area contributed by atoms with Gasteiger partial charge < -0.3 is 10.2 Å². The summed E-state index contributed by atoms with van der Waals surface area (Å²) < 4.78 is 0. The number of halogens is 2. The summed E-state index contributed by atoms with van der Waals surface area (Å²) in [4.78, 5) is 13.8. The van der Waals surface area contributed by atoms with Crippen LogP contribution < -0.4 is 5.32 Å². The number of likely N-dealkylation sites (tertiary alicyclic amines) is 1. The third-order valence-corrected chi connectivity index (χ3v) is 2.98. The maximum atomic E-state index is 11.8. The molecule has 1 aliphatic rings. The van der Waals surface area contributed by atoms with Crippen LogP contribution >= 0.6 is 24.8 Å². The standard InChI is InChI=1S/C12H22N2O.2ClH/c1-3-4-5-8-12(15)14-9-6-7-11(10-14)13-2;;/h3,11,13H,1,4-10H2,2H3;2*1H. The third kappa shape index (κ3) is 6.92. The van der Waals surface area contributed by atoms with Crippen LogP contribution in [0.4, 0.5) is 0 Å². The van der Waals surface area contributed by atoms with Crippen LogP contribution in [0, 0.1) is 0 Å². The highest BCUT2D eigenvalue weighted by molar-refractivity contribution is 5.85. The number of likely N-dealkylation sites (N-methyl/N-ethyl adjacent to an activating group) is 1. The number of carbonyl (C=O) groups is 1.